The van der Waals surface area contributed by atoms with Gasteiger partial charge in [0.1, 0.15) is 11.6 Å². The summed E-state index contributed by atoms with van der Waals surface area (Å²) < 4.78 is 28.5. The Balaban J connectivity index is 1.34. The number of aromatic nitrogens is 3. The number of amides is 1. The van der Waals surface area contributed by atoms with E-state index in [4.69, 9.17) is 5.11 Å². The Morgan fingerprint density at radius 3 is 2.56 bits per heavy atom. The molecule has 2 aromatic rings. The fourth-order valence-corrected chi connectivity index (χ4v) is 3.75. The summed E-state index contributed by atoms with van der Waals surface area (Å²) in [6.07, 6.45) is 3.28. The highest BCUT2D eigenvalue weighted by molar-refractivity contribution is 5.84. The van der Waals surface area contributed by atoms with Crippen LogP contribution in [0.4, 0.5) is 8.78 Å². The number of likely N-dealkylation sites (tertiary alicyclic amines) is 1. The van der Waals surface area contributed by atoms with Crippen LogP contribution in [0.1, 0.15) is 47.3 Å². The second kappa shape index (κ2) is 6.71. The maximum atomic E-state index is 13.9. The summed E-state index contributed by atoms with van der Waals surface area (Å²) in [6.45, 7) is 1.06. The topological polar surface area (TPSA) is 88.3 Å². The van der Waals surface area contributed by atoms with Crippen LogP contribution in [0.25, 0.3) is 0 Å². The second-order valence-corrected chi connectivity index (χ2v) is 7.06. The minimum Gasteiger partial charge on any atom is -0.476 e. The molecule has 27 heavy (non-hydrogen) atoms. The Labute approximate surface area is 153 Å². The van der Waals surface area contributed by atoms with Crippen molar-refractivity contribution in [2.75, 3.05) is 13.1 Å². The van der Waals surface area contributed by atoms with Gasteiger partial charge in [0.15, 0.2) is 5.69 Å². The van der Waals surface area contributed by atoms with E-state index in [0.717, 1.165) is 6.07 Å². The fourth-order valence-electron chi connectivity index (χ4n) is 3.75. The number of carboxylic acid groups (broad SMARTS) is 1. The molecule has 2 aliphatic rings. The van der Waals surface area contributed by atoms with Crippen LogP contribution < -0.4 is 0 Å². The van der Waals surface area contributed by atoms with E-state index >= 15 is 0 Å². The highest BCUT2D eigenvalue weighted by Crippen LogP contribution is 2.49. The number of halogens is 2. The molecule has 0 spiro atoms. The molecule has 0 unspecified atom stereocenters. The Bertz CT molecular complexity index is 892. The molecule has 9 heteroatoms. The van der Waals surface area contributed by atoms with Gasteiger partial charge >= 0.3 is 5.97 Å². The van der Waals surface area contributed by atoms with Gasteiger partial charge in [-0.25, -0.2) is 18.3 Å². The molecule has 142 valence electrons. The quantitative estimate of drug-likeness (QED) is 0.884. The molecule has 1 aromatic heterocycles. The molecular formula is C18H18F2N4O3. The highest BCUT2D eigenvalue weighted by atomic mass is 19.1. The molecule has 1 N–H and O–H groups in total. The van der Waals surface area contributed by atoms with Crippen molar-refractivity contribution in [2.45, 2.75) is 31.2 Å². The molecule has 0 radical (unpaired) electrons. The third-order valence-corrected chi connectivity index (χ3v) is 5.35. The lowest BCUT2D eigenvalue weighted by Gasteiger charge is -2.32. The smallest absolute Gasteiger partial charge is 0.358 e. The molecule has 1 aromatic carbocycles. The van der Waals surface area contributed by atoms with Gasteiger partial charge < -0.3 is 10.0 Å². The van der Waals surface area contributed by atoms with Crippen LogP contribution in [0.5, 0.6) is 0 Å². The number of nitrogens with zero attached hydrogens (tertiary/aromatic N) is 4. The summed E-state index contributed by atoms with van der Waals surface area (Å²) in [4.78, 5) is 25.3. The normalized spacial score (nSPS) is 22.7. The third-order valence-electron chi connectivity index (χ3n) is 5.35. The van der Waals surface area contributed by atoms with Crippen molar-refractivity contribution in [3.05, 3.63) is 47.3 Å². The number of carbonyl (C=O) groups is 2. The number of aromatic carboxylic acids is 1. The Hall–Kier alpha value is -2.84. The zero-order valence-electron chi connectivity index (χ0n) is 14.4. The standard InChI is InChI=1S/C18H18F2N4O3/c19-10-1-2-12(15(20)7-10)13-8-14(13)17(25)23-5-3-11(4-6-23)24-9-16(18(26)27)21-22-24/h1-2,7,9,11,13-14H,3-6,8H2,(H,26,27)/t13-,14+/m0/s1. The predicted octanol–water partition coefficient (Wildman–Crippen LogP) is 2.22. The number of piperidine rings is 1. The molecule has 2 heterocycles. The highest BCUT2D eigenvalue weighted by Gasteiger charge is 2.47. The van der Waals surface area contributed by atoms with Crippen LogP contribution in [0.15, 0.2) is 24.4 Å². The number of carbonyl (C=O) groups excluding carboxylic acids is 1. The van der Waals surface area contributed by atoms with Gasteiger partial charge in [0.25, 0.3) is 0 Å². The van der Waals surface area contributed by atoms with E-state index in [0.29, 0.717) is 37.9 Å². The fraction of sp³-hybridized carbons (Fsp3) is 0.444. The van der Waals surface area contributed by atoms with Crippen molar-refractivity contribution in [3.8, 4) is 0 Å². The van der Waals surface area contributed by atoms with Crippen LogP contribution in [0.3, 0.4) is 0 Å². The van der Waals surface area contributed by atoms with E-state index in [1.165, 1.54) is 18.3 Å². The summed E-state index contributed by atoms with van der Waals surface area (Å²) in [7, 11) is 0. The molecule has 0 bridgehead atoms. The van der Waals surface area contributed by atoms with Gasteiger partial charge in [0.2, 0.25) is 5.91 Å². The molecule has 4 rings (SSSR count). The van der Waals surface area contributed by atoms with Gasteiger partial charge in [-0.3, -0.25) is 4.79 Å². The first-order valence-electron chi connectivity index (χ1n) is 8.83. The average molecular weight is 376 g/mol. The van der Waals surface area contributed by atoms with E-state index < -0.39 is 17.6 Å². The maximum absolute atomic E-state index is 13.9. The van der Waals surface area contributed by atoms with E-state index in [-0.39, 0.29) is 29.5 Å². The Kier molecular flexibility index (Phi) is 4.37. The van der Waals surface area contributed by atoms with Gasteiger partial charge in [0.05, 0.1) is 12.2 Å². The molecule has 1 aliphatic heterocycles. The molecule has 1 saturated heterocycles. The number of hydrogen-bond donors (Lipinski definition) is 1. The van der Waals surface area contributed by atoms with Crippen molar-refractivity contribution in [2.24, 2.45) is 5.92 Å². The van der Waals surface area contributed by atoms with Crippen LogP contribution in [0.2, 0.25) is 0 Å². The summed E-state index contributed by atoms with van der Waals surface area (Å²) in [5.41, 5.74) is 0.295. The van der Waals surface area contributed by atoms with Crippen LogP contribution in [-0.2, 0) is 4.79 Å². The molecule has 2 atom stereocenters. The van der Waals surface area contributed by atoms with Gasteiger partial charge in [-0.15, -0.1) is 5.10 Å². The zero-order valence-corrected chi connectivity index (χ0v) is 14.4. The lowest BCUT2D eigenvalue weighted by molar-refractivity contribution is -0.134. The van der Waals surface area contributed by atoms with Gasteiger partial charge in [-0.2, -0.15) is 0 Å². The summed E-state index contributed by atoms with van der Waals surface area (Å²) in [5.74, 6) is -2.81. The first-order chi connectivity index (χ1) is 12.9. The SMILES string of the molecule is O=C(O)c1cn(C2CCN(C(=O)[C@@H]3C[C@H]3c3ccc(F)cc3F)CC2)nn1. The summed E-state index contributed by atoms with van der Waals surface area (Å²) in [6, 6.07) is 3.48. The minimum atomic E-state index is -1.12. The zero-order chi connectivity index (χ0) is 19.1. The van der Waals surface area contributed by atoms with E-state index in [1.54, 1.807) is 9.58 Å². The largest absolute Gasteiger partial charge is 0.476 e. The second-order valence-electron chi connectivity index (χ2n) is 7.06. The molecule has 1 saturated carbocycles. The van der Waals surface area contributed by atoms with Crippen molar-refractivity contribution in [3.63, 3.8) is 0 Å². The monoisotopic (exact) mass is 376 g/mol. The Morgan fingerprint density at radius 2 is 1.93 bits per heavy atom. The first kappa shape index (κ1) is 17.6. The third kappa shape index (κ3) is 3.41. The molecule has 1 amide bonds. The van der Waals surface area contributed by atoms with Crippen LogP contribution in [0, 0.1) is 17.6 Å². The summed E-state index contributed by atoms with van der Waals surface area (Å²) in [5, 5.41) is 16.4. The van der Waals surface area contributed by atoms with Gasteiger partial charge in [-0.1, -0.05) is 11.3 Å². The van der Waals surface area contributed by atoms with Crippen molar-refractivity contribution >= 4 is 11.9 Å². The minimum absolute atomic E-state index is 0.000747. The number of rotatable bonds is 4. The lowest BCUT2D eigenvalue weighted by Crippen LogP contribution is -2.40. The van der Waals surface area contributed by atoms with Crippen molar-refractivity contribution in [1.82, 2.24) is 19.9 Å². The lowest BCUT2D eigenvalue weighted by atomic mass is 10.0. The van der Waals surface area contributed by atoms with Crippen LogP contribution in [-0.4, -0.2) is 50.0 Å². The predicted molar refractivity (Wildman–Crippen MR) is 89.0 cm³/mol. The molecule has 1 aliphatic carbocycles. The van der Waals surface area contributed by atoms with Crippen molar-refractivity contribution in [1.29, 1.82) is 0 Å². The van der Waals surface area contributed by atoms with Gasteiger partial charge in [-0.05, 0) is 36.8 Å². The molecule has 2 fully saturated rings. The maximum Gasteiger partial charge on any atom is 0.358 e. The molecular weight excluding hydrogens is 358 g/mol. The van der Waals surface area contributed by atoms with Crippen molar-refractivity contribution < 1.29 is 23.5 Å². The average Bonchev–Trinajstić information content (AvgIpc) is 3.26. The van der Waals surface area contributed by atoms with Crippen LogP contribution >= 0.6 is 0 Å². The van der Waals surface area contributed by atoms with E-state index in [1.807, 2.05) is 0 Å². The van der Waals surface area contributed by atoms with Gasteiger partial charge in [0, 0.05) is 25.1 Å². The summed E-state index contributed by atoms with van der Waals surface area (Å²) >= 11 is 0. The number of carboxylic acids is 1. The van der Waals surface area contributed by atoms with E-state index in [2.05, 4.69) is 10.3 Å². The number of benzene rings is 1. The molecule has 7 nitrogen and oxygen atoms in total. The Morgan fingerprint density at radius 1 is 1.19 bits per heavy atom. The van der Waals surface area contributed by atoms with E-state index in [9.17, 15) is 18.4 Å². The number of hydrogen-bond acceptors (Lipinski definition) is 4. The first-order valence-corrected chi connectivity index (χ1v) is 8.83.